The molecule has 0 fully saturated rings. The first-order valence-corrected chi connectivity index (χ1v) is 8.26. The first-order chi connectivity index (χ1) is 12.9. The molecular weight excluding hydrogens is 348 g/mol. The van der Waals surface area contributed by atoms with E-state index in [1.54, 1.807) is 16.7 Å². The van der Waals surface area contributed by atoms with Gasteiger partial charge in [0.15, 0.2) is 0 Å². The van der Waals surface area contributed by atoms with Crippen LogP contribution in [0.4, 0.5) is 5.69 Å². The molecule has 0 atom stereocenters. The van der Waals surface area contributed by atoms with Gasteiger partial charge in [-0.25, -0.2) is 4.98 Å². The van der Waals surface area contributed by atoms with Gasteiger partial charge in [0.05, 0.1) is 23.2 Å². The fourth-order valence-electron chi connectivity index (χ4n) is 2.98. The Bertz CT molecular complexity index is 1040. The van der Waals surface area contributed by atoms with Crippen molar-refractivity contribution < 1.29 is 19.5 Å². The molecule has 0 saturated heterocycles. The highest BCUT2D eigenvalue weighted by atomic mass is 16.4. The molecule has 0 aliphatic carbocycles. The first-order valence-electron chi connectivity index (χ1n) is 8.26. The van der Waals surface area contributed by atoms with E-state index in [0.29, 0.717) is 16.9 Å². The van der Waals surface area contributed by atoms with Crippen LogP contribution in [0.3, 0.4) is 0 Å². The normalized spacial score (nSPS) is 10.7. The van der Waals surface area contributed by atoms with Crippen LogP contribution < -0.4 is 11.1 Å². The molecule has 1 heterocycles. The number of fused-ring (bicyclic) bond motifs is 1. The number of carbonyl (C=O) groups is 3. The summed E-state index contributed by atoms with van der Waals surface area (Å²) in [6.07, 6.45) is -0.107. The molecule has 4 N–H and O–H groups in total. The number of imidazole rings is 1. The van der Waals surface area contributed by atoms with Crippen LogP contribution in [0.2, 0.25) is 0 Å². The zero-order valence-electron chi connectivity index (χ0n) is 14.6. The maximum Gasteiger partial charge on any atom is 0.305 e. The molecule has 2 amide bonds. The molecule has 0 spiro atoms. The predicted octanol–water partition coefficient (Wildman–Crippen LogP) is 2.24. The fourth-order valence-corrected chi connectivity index (χ4v) is 2.98. The Balaban J connectivity index is 2.28. The summed E-state index contributed by atoms with van der Waals surface area (Å²) in [6.45, 7) is 1.50. The van der Waals surface area contributed by atoms with Gasteiger partial charge in [-0.1, -0.05) is 30.3 Å². The van der Waals surface area contributed by atoms with Crippen LogP contribution in [0.15, 0.2) is 42.5 Å². The minimum Gasteiger partial charge on any atom is -0.481 e. The van der Waals surface area contributed by atoms with E-state index in [-0.39, 0.29) is 30.1 Å². The van der Waals surface area contributed by atoms with Gasteiger partial charge in [-0.3, -0.25) is 14.4 Å². The number of aromatic nitrogens is 2. The molecule has 2 aromatic carbocycles. The highest BCUT2D eigenvalue weighted by Crippen LogP contribution is 2.31. The third kappa shape index (κ3) is 3.64. The summed E-state index contributed by atoms with van der Waals surface area (Å²) in [6, 6.07) is 12.5. The number of hydrogen-bond donors (Lipinski definition) is 3. The fraction of sp³-hybridized carbons (Fsp3) is 0.158. The zero-order valence-corrected chi connectivity index (χ0v) is 14.6. The van der Waals surface area contributed by atoms with Crippen LogP contribution in [-0.2, 0) is 16.1 Å². The number of amides is 2. The minimum atomic E-state index is -0.944. The van der Waals surface area contributed by atoms with E-state index in [4.69, 9.17) is 10.8 Å². The summed E-state index contributed by atoms with van der Waals surface area (Å²) in [5.41, 5.74) is 7.56. The molecule has 1 aromatic heterocycles. The maximum absolute atomic E-state index is 12.1. The lowest BCUT2D eigenvalue weighted by molar-refractivity contribution is -0.137. The third-order valence-electron chi connectivity index (χ3n) is 4.06. The number of carbonyl (C=O) groups excluding carboxylic acids is 2. The number of nitrogens with two attached hydrogens (primary N) is 1. The van der Waals surface area contributed by atoms with E-state index in [1.807, 2.05) is 30.3 Å². The molecule has 3 rings (SSSR count). The monoisotopic (exact) mass is 366 g/mol. The van der Waals surface area contributed by atoms with Gasteiger partial charge in [-0.15, -0.1) is 0 Å². The number of carboxylic acid groups (broad SMARTS) is 1. The third-order valence-corrected chi connectivity index (χ3v) is 4.06. The van der Waals surface area contributed by atoms with E-state index < -0.39 is 11.9 Å². The molecule has 0 aliphatic heterocycles. The number of aryl methyl sites for hydroxylation is 1. The van der Waals surface area contributed by atoms with Crippen LogP contribution in [0.5, 0.6) is 0 Å². The number of primary amides is 1. The Morgan fingerprint density at radius 3 is 2.44 bits per heavy atom. The Morgan fingerprint density at radius 1 is 1.15 bits per heavy atom. The van der Waals surface area contributed by atoms with E-state index in [1.165, 1.54) is 6.92 Å². The lowest BCUT2D eigenvalue weighted by Crippen LogP contribution is -2.17. The summed E-state index contributed by atoms with van der Waals surface area (Å²) in [7, 11) is 0. The van der Waals surface area contributed by atoms with Crippen molar-refractivity contribution in [1.82, 2.24) is 9.55 Å². The summed E-state index contributed by atoms with van der Waals surface area (Å²) in [5, 5.41) is 11.7. The second kappa shape index (κ2) is 7.28. The largest absolute Gasteiger partial charge is 0.481 e. The van der Waals surface area contributed by atoms with Crippen molar-refractivity contribution >= 4 is 34.5 Å². The molecule has 8 heteroatoms. The minimum absolute atomic E-state index is 0.0916. The molecule has 27 heavy (non-hydrogen) atoms. The number of hydrogen-bond acceptors (Lipinski definition) is 4. The molecule has 0 aliphatic rings. The molecule has 138 valence electrons. The number of carboxylic acids is 1. The van der Waals surface area contributed by atoms with Crippen molar-refractivity contribution in [3.8, 4) is 11.4 Å². The molecular formula is C19H18N4O4. The average molecular weight is 366 g/mol. The van der Waals surface area contributed by atoms with Crippen LogP contribution in [-0.4, -0.2) is 32.4 Å². The Morgan fingerprint density at radius 2 is 1.85 bits per heavy atom. The summed E-state index contributed by atoms with van der Waals surface area (Å²) in [4.78, 5) is 39.2. The number of rotatable bonds is 6. The van der Waals surface area contributed by atoms with Crippen molar-refractivity contribution in [3.05, 3.63) is 48.0 Å². The van der Waals surface area contributed by atoms with Gasteiger partial charge in [0.2, 0.25) is 5.91 Å². The van der Waals surface area contributed by atoms with Crippen molar-refractivity contribution in [3.63, 3.8) is 0 Å². The highest BCUT2D eigenvalue weighted by molar-refractivity contribution is 6.11. The number of nitrogens with zero attached hydrogens (tertiary/aromatic N) is 2. The van der Waals surface area contributed by atoms with Gasteiger partial charge in [0, 0.05) is 19.0 Å². The molecule has 0 saturated carbocycles. The van der Waals surface area contributed by atoms with Crippen molar-refractivity contribution in [2.75, 3.05) is 5.32 Å². The van der Waals surface area contributed by atoms with Crippen molar-refractivity contribution in [2.45, 2.75) is 19.9 Å². The SMILES string of the molecule is CC(=O)Nc1ccc2c(nc(-c3ccccc3)n2CCC(=O)O)c1C(N)=O. The lowest BCUT2D eigenvalue weighted by Gasteiger charge is -2.10. The molecule has 3 aromatic rings. The van der Waals surface area contributed by atoms with Crippen LogP contribution in [0, 0.1) is 0 Å². The average Bonchev–Trinajstić information content (AvgIpc) is 2.98. The van der Waals surface area contributed by atoms with Gasteiger partial charge >= 0.3 is 5.97 Å². The number of aliphatic carboxylic acids is 1. The Hall–Kier alpha value is -3.68. The topological polar surface area (TPSA) is 127 Å². The van der Waals surface area contributed by atoms with Gasteiger partial charge in [-0.2, -0.15) is 0 Å². The van der Waals surface area contributed by atoms with E-state index >= 15 is 0 Å². The second-order valence-corrected chi connectivity index (χ2v) is 6.00. The predicted molar refractivity (Wildman–Crippen MR) is 100 cm³/mol. The summed E-state index contributed by atoms with van der Waals surface area (Å²) < 4.78 is 1.74. The quantitative estimate of drug-likeness (QED) is 0.616. The zero-order chi connectivity index (χ0) is 19.6. The second-order valence-electron chi connectivity index (χ2n) is 6.00. The van der Waals surface area contributed by atoms with Crippen molar-refractivity contribution in [2.24, 2.45) is 5.73 Å². The number of benzene rings is 2. The van der Waals surface area contributed by atoms with Gasteiger partial charge in [0.1, 0.15) is 11.3 Å². The lowest BCUT2D eigenvalue weighted by atomic mass is 10.1. The molecule has 8 nitrogen and oxygen atoms in total. The van der Waals surface area contributed by atoms with Gasteiger partial charge < -0.3 is 20.7 Å². The summed E-state index contributed by atoms with van der Waals surface area (Å²) >= 11 is 0. The van der Waals surface area contributed by atoms with Crippen LogP contribution >= 0.6 is 0 Å². The van der Waals surface area contributed by atoms with Gasteiger partial charge in [-0.05, 0) is 12.1 Å². The van der Waals surface area contributed by atoms with E-state index in [2.05, 4.69) is 10.3 Å². The van der Waals surface area contributed by atoms with Crippen LogP contribution in [0.1, 0.15) is 23.7 Å². The van der Waals surface area contributed by atoms with E-state index in [0.717, 1.165) is 5.56 Å². The first kappa shape index (κ1) is 18.1. The van der Waals surface area contributed by atoms with Gasteiger partial charge in [0.25, 0.3) is 5.91 Å². The summed E-state index contributed by atoms with van der Waals surface area (Å²) in [5.74, 6) is -1.49. The molecule has 0 radical (unpaired) electrons. The Labute approximate surface area is 154 Å². The van der Waals surface area contributed by atoms with Crippen molar-refractivity contribution in [1.29, 1.82) is 0 Å². The number of anilines is 1. The smallest absolute Gasteiger partial charge is 0.305 e. The standard InChI is InChI=1S/C19H18N4O4/c1-11(24)21-13-7-8-14-17(16(13)18(20)27)22-19(12-5-3-2-4-6-12)23(14)10-9-15(25)26/h2-8H,9-10H2,1H3,(H2,20,27)(H,21,24)(H,25,26). The Kier molecular flexibility index (Phi) is 4.89. The van der Waals surface area contributed by atoms with E-state index in [9.17, 15) is 14.4 Å². The van der Waals surface area contributed by atoms with Crippen LogP contribution in [0.25, 0.3) is 22.4 Å². The molecule has 0 unspecified atom stereocenters. The number of nitrogens with one attached hydrogen (secondary N) is 1. The molecule has 0 bridgehead atoms. The highest BCUT2D eigenvalue weighted by Gasteiger charge is 2.21. The maximum atomic E-state index is 12.1.